The molecule has 0 fully saturated rings. The van der Waals surface area contributed by atoms with Crippen molar-refractivity contribution >= 4 is 17.1 Å². The zero-order chi connectivity index (χ0) is 23.9. The molecule has 3 aromatic heterocycles. The molecule has 0 aliphatic carbocycles. The van der Waals surface area contributed by atoms with Crippen LogP contribution in [0.4, 0.5) is 0 Å². The summed E-state index contributed by atoms with van der Waals surface area (Å²) in [6.07, 6.45) is 3.12. The van der Waals surface area contributed by atoms with Gasteiger partial charge in [0.15, 0.2) is 5.58 Å². The van der Waals surface area contributed by atoms with Crippen molar-refractivity contribution in [2.45, 2.75) is 32.6 Å². The highest BCUT2D eigenvalue weighted by Crippen LogP contribution is 2.30. The molecule has 0 radical (unpaired) electrons. The Morgan fingerprint density at radius 1 is 1.15 bits per heavy atom. The lowest BCUT2D eigenvalue weighted by molar-refractivity contribution is -0.149. The fraction of sp³-hybridized carbons (Fsp3) is 0.269. The molecule has 8 nitrogen and oxygen atoms in total. The second-order valence-corrected chi connectivity index (χ2v) is 7.87. The van der Waals surface area contributed by atoms with E-state index in [0.29, 0.717) is 24.5 Å². The minimum Gasteiger partial charge on any atom is -0.487 e. The number of furan rings is 1. The number of rotatable bonds is 10. The Labute approximate surface area is 197 Å². The number of hydrogen-bond donors (Lipinski definition) is 1. The zero-order valence-electron chi connectivity index (χ0n) is 19.2. The molecule has 1 aromatic carbocycles. The first-order valence-corrected chi connectivity index (χ1v) is 11.0. The number of nitrogens with two attached hydrogens (primary N) is 1. The van der Waals surface area contributed by atoms with Gasteiger partial charge < -0.3 is 24.4 Å². The molecule has 0 saturated carbocycles. The second-order valence-electron chi connectivity index (χ2n) is 7.87. The molecule has 2 N–H and O–H groups in total. The lowest BCUT2D eigenvalue weighted by Gasteiger charge is -2.14. The number of aromatic nitrogens is 2. The van der Waals surface area contributed by atoms with Crippen molar-refractivity contribution in [3.05, 3.63) is 77.9 Å². The van der Waals surface area contributed by atoms with Crippen molar-refractivity contribution in [2.24, 2.45) is 5.73 Å². The van der Waals surface area contributed by atoms with E-state index in [4.69, 9.17) is 24.4 Å². The molecule has 4 aromatic rings. The monoisotopic (exact) mass is 461 g/mol. The highest BCUT2D eigenvalue weighted by molar-refractivity contribution is 5.90. The largest absolute Gasteiger partial charge is 0.487 e. The van der Waals surface area contributed by atoms with Crippen molar-refractivity contribution < 1.29 is 23.4 Å². The van der Waals surface area contributed by atoms with Gasteiger partial charge in [0.1, 0.15) is 24.0 Å². The maximum Gasteiger partial charge on any atom is 0.310 e. The highest BCUT2D eigenvalue weighted by Gasteiger charge is 2.15. The van der Waals surface area contributed by atoms with Crippen molar-refractivity contribution in [2.75, 3.05) is 13.7 Å². The number of fused-ring (bicyclic) bond motifs is 1. The van der Waals surface area contributed by atoms with Crippen LogP contribution < -0.4 is 10.5 Å². The number of para-hydroxylation sites is 1. The number of benzene rings is 1. The Kier molecular flexibility index (Phi) is 7.51. The fourth-order valence-corrected chi connectivity index (χ4v) is 3.69. The van der Waals surface area contributed by atoms with Gasteiger partial charge in [0.25, 0.3) is 0 Å². The lowest BCUT2D eigenvalue weighted by atomic mass is 10.0. The summed E-state index contributed by atoms with van der Waals surface area (Å²) in [6, 6.07) is 15.0. The van der Waals surface area contributed by atoms with E-state index < -0.39 is 0 Å². The Balaban J connectivity index is 1.54. The van der Waals surface area contributed by atoms with Gasteiger partial charge in [-0.05, 0) is 36.8 Å². The zero-order valence-corrected chi connectivity index (χ0v) is 19.2. The average Bonchev–Trinajstić information content (AvgIpc) is 3.32. The van der Waals surface area contributed by atoms with Gasteiger partial charge in [-0.1, -0.05) is 18.2 Å². The van der Waals surface area contributed by atoms with Crippen molar-refractivity contribution in [1.29, 1.82) is 0 Å². The molecule has 176 valence electrons. The molecule has 8 heteroatoms. The van der Waals surface area contributed by atoms with Crippen LogP contribution in [-0.4, -0.2) is 35.8 Å². The predicted molar refractivity (Wildman–Crippen MR) is 127 cm³/mol. The van der Waals surface area contributed by atoms with Gasteiger partial charge in [0.05, 0.1) is 30.7 Å². The fourth-order valence-electron chi connectivity index (χ4n) is 3.69. The molecule has 0 amide bonds. The highest BCUT2D eigenvalue weighted by atomic mass is 16.6. The molecule has 1 unspecified atom stereocenters. The summed E-state index contributed by atoms with van der Waals surface area (Å²) in [7, 11) is 1.57. The van der Waals surface area contributed by atoms with E-state index in [-0.39, 0.29) is 25.1 Å². The van der Waals surface area contributed by atoms with Crippen molar-refractivity contribution in [3.8, 4) is 16.9 Å². The van der Waals surface area contributed by atoms with Crippen LogP contribution in [0.25, 0.3) is 22.2 Å². The van der Waals surface area contributed by atoms with E-state index >= 15 is 0 Å². The lowest BCUT2D eigenvalue weighted by Crippen LogP contribution is -2.21. The molecule has 0 bridgehead atoms. The Morgan fingerprint density at radius 3 is 2.82 bits per heavy atom. The van der Waals surface area contributed by atoms with Gasteiger partial charge in [0.2, 0.25) is 0 Å². The topological polar surface area (TPSA) is 110 Å². The minimum absolute atomic E-state index is 0.0998. The smallest absolute Gasteiger partial charge is 0.310 e. The SMILES string of the molecule is COCC(C)OC(=O)Cc1ccccc1OCc1cc(-c2ccnc(CN)c2)c2occc2n1. The van der Waals surface area contributed by atoms with Crippen LogP contribution in [0.3, 0.4) is 0 Å². The molecular formula is C26H27N3O5. The number of hydrogen-bond acceptors (Lipinski definition) is 8. The standard InChI is InChI=1S/C26H27N3O5/c1-17(15-31-2)34-25(30)12-19-5-3-4-6-24(19)33-16-21-13-22(26-23(29-21)8-10-32-26)18-7-9-28-20(11-18)14-27/h3-11,13,17H,12,14-16,27H2,1-2H3. The van der Waals surface area contributed by atoms with E-state index in [2.05, 4.69) is 9.97 Å². The third-order valence-corrected chi connectivity index (χ3v) is 5.22. The van der Waals surface area contributed by atoms with Gasteiger partial charge in [-0.2, -0.15) is 0 Å². The van der Waals surface area contributed by atoms with Gasteiger partial charge >= 0.3 is 5.97 Å². The summed E-state index contributed by atoms with van der Waals surface area (Å²) >= 11 is 0. The maximum atomic E-state index is 12.3. The molecule has 3 heterocycles. The maximum absolute atomic E-state index is 12.3. The van der Waals surface area contributed by atoms with Crippen LogP contribution in [-0.2, 0) is 33.8 Å². The minimum atomic E-state index is -0.339. The van der Waals surface area contributed by atoms with E-state index in [1.54, 1.807) is 26.5 Å². The van der Waals surface area contributed by atoms with Crippen molar-refractivity contribution in [1.82, 2.24) is 9.97 Å². The molecule has 0 saturated heterocycles. The quantitative estimate of drug-likeness (QED) is 0.352. The van der Waals surface area contributed by atoms with Gasteiger partial charge in [-0.25, -0.2) is 4.98 Å². The number of methoxy groups -OCH3 is 1. The third kappa shape index (κ3) is 5.59. The molecule has 0 aliphatic rings. The first-order chi connectivity index (χ1) is 16.6. The van der Waals surface area contributed by atoms with Crippen LogP contribution in [0, 0.1) is 0 Å². The molecule has 0 spiro atoms. The molecule has 1 atom stereocenters. The van der Waals surface area contributed by atoms with E-state index in [1.807, 2.05) is 48.5 Å². The molecule has 34 heavy (non-hydrogen) atoms. The number of pyridine rings is 2. The molecule has 4 rings (SSSR count). The van der Waals surface area contributed by atoms with E-state index in [9.17, 15) is 4.79 Å². The average molecular weight is 462 g/mol. The molecule has 0 aliphatic heterocycles. The third-order valence-electron chi connectivity index (χ3n) is 5.22. The van der Waals surface area contributed by atoms with Crippen molar-refractivity contribution in [3.63, 3.8) is 0 Å². The summed E-state index contributed by atoms with van der Waals surface area (Å²) in [5.41, 5.74) is 11.2. The second kappa shape index (κ2) is 10.9. The summed E-state index contributed by atoms with van der Waals surface area (Å²) < 4.78 is 22.2. The van der Waals surface area contributed by atoms with Crippen LogP contribution in [0.5, 0.6) is 5.75 Å². The van der Waals surface area contributed by atoms with Crippen LogP contribution >= 0.6 is 0 Å². The number of ether oxygens (including phenoxy) is 3. The summed E-state index contributed by atoms with van der Waals surface area (Å²) in [5.74, 6) is 0.262. The van der Waals surface area contributed by atoms with Gasteiger partial charge in [-0.15, -0.1) is 0 Å². The Hall–Kier alpha value is -3.75. The predicted octanol–water partition coefficient (Wildman–Crippen LogP) is 4.05. The summed E-state index contributed by atoms with van der Waals surface area (Å²) in [6.45, 7) is 2.70. The number of nitrogens with zero attached hydrogens (tertiary/aromatic N) is 2. The van der Waals surface area contributed by atoms with Crippen LogP contribution in [0.2, 0.25) is 0 Å². The normalized spacial score (nSPS) is 12.0. The summed E-state index contributed by atoms with van der Waals surface area (Å²) in [5, 5.41) is 0. The van der Waals surface area contributed by atoms with E-state index in [0.717, 1.165) is 33.6 Å². The Bertz CT molecular complexity index is 1270. The van der Waals surface area contributed by atoms with Gasteiger partial charge in [-0.3, -0.25) is 9.78 Å². The van der Waals surface area contributed by atoms with Crippen LogP contribution in [0.15, 0.2) is 65.4 Å². The first-order valence-electron chi connectivity index (χ1n) is 11.0. The summed E-state index contributed by atoms with van der Waals surface area (Å²) in [4.78, 5) is 21.3. The van der Waals surface area contributed by atoms with Gasteiger partial charge in [0, 0.05) is 37.0 Å². The first kappa shape index (κ1) is 23.4. The molecular weight excluding hydrogens is 434 g/mol. The number of carbonyl (C=O) groups is 1. The van der Waals surface area contributed by atoms with Crippen LogP contribution in [0.1, 0.15) is 23.9 Å². The van der Waals surface area contributed by atoms with E-state index in [1.165, 1.54) is 0 Å². The number of carbonyl (C=O) groups excluding carboxylic acids is 1. The Morgan fingerprint density at radius 2 is 2.00 bits per heavy atom. The number of esters is 1.